The maximum absolute atomic E-state index is 12.4. The third-order valence-electron chi connectivity index (χ3n) is 4.59. The van der Waals surface area contributed by atoms with Crippen LogP contribution in [-0.4, -0.2) is 36.2 Å². The standard InChI is InChI=1S/C21H22N6O3/c1-4-29-19-7-5-6-18(27-21(28)25(3)23-24-27)17(19)14-30-20-12-13-26(22-20)16-10-8-15(2)9-11-16/h5-13H,4,14H2,1-3H3. The van der Waals surface area contributed by atoms with Crippen LogP contribution in [0.5, 0.6) is 11.6 Å². The molecule has 2 aromatic heterocycles. The van der Waals surface area contributed by atoms with Crippen LogP contribution in [0.1, 0.15) is 18.1 Å². The molecule has 30 heavy (non-hydrogen) atoms. The smallest absolute Gasteiger partial charge is 0.368 e. The van der Waals surface area contributed by atoms with Crippen LogP contribution < -0.4 is 15.2 Å². The summed E-state index contributed by atoms with van der Waals surface area (Å²) in [5.41, 5.74) is 3.01. The number of aromatic nitrogens is 6. The Morgan fingerprint density at radius 3 is 2.50 bits per heavy atom. The van der Waals surface area contributed by atoms with Crippen LogP contribution in [0.3, 0.4) is 0 Å². The van der Waals surface area contributed by atoms with Gasteiger partial charge in [0.05, 0.1) is 23.5 Å². The minimum atomic E-state index is -0.353. The summed E-state index contributed by atoms with van der Waals surface area (Å²) in [6, 6.07) is 15.3. The van der Waals surface area contributed by atoms with Crippen molar-refractivity contribution in [3.8, 4) is 23.0 Å². The van der Waals surface area contributed by atoms with Crippen LogP contribution in [0, 0.1) is 6.92 Å². The summed E-state index contributed by atoms with van der Waals surface area (Å²) in [6.07, 6.45) is 1.84. The molecule has 2 heterocycles. The zero-order valence-electron chi connectivity index (χ0n) is 17.0. The first-order valence-corrected chi connectivity index (χ1v) is 9.56. The van der Waals surface area contributed by atoms with Crippen LogP contribution in [0.15, 0.2) is 59.5 Å². The van der Waals surface area contributed by atoms with Crippen molar-refractivity contribution in [3.63, 3.8) is 0 Å². The predicted octanol–water partition coefficient (Wildman–Crippen LogP) is 2.44. The van der Waals surface area contributed by atoms with E-state index >= 15 is 0 Å². The summed E-state index contributed by atoms with van der Waals surface area (Å²) in [6.45, 7) is 4.57. The number of benzene rings is 2. The van der Waals surface area contributed by atoms with E-state index in [4.69, 9.17) is 9.47 Å². The Kier molecular flexibility index (Phi) is 5.34. The van der Waals surface area contributed by atoms with Crippen molar-refractivity contribution in [2.45, 2.75) is 20.5 Å². The van der Waals surface area contributed by atoms with Gasteiger partial charge in [0.2, 0.25) is 5.88 Å². The number of rotatable bonds is 7. The van der Waals surface area contributed by atoms with Crippen molar-refractivity contribution in [1.82, 2.24) is 29.6 Å². The summed E-state index contributed by atoms with van der Waals surface area (Å²) in [5.74, 6) is 1.07. The molecule has 0 bridgehead atoms. The van der Waals surface area contributed by atoms with Gasteiger partial charge in [0.15, 0.2) is 0 Å². The van der Waals surface area contributed by atoms with Crippen molar-refractivity contribution in [2.75, 3.05) is 6.61 Å². The number of tetrazole rings is 1. The van der Waals surface area contributed by atoms with Gasteiger partial charge in [-0.3, -0.25) is 0 Å². The maximum atomic E-state index is 12.4. The Hall–Kier alpha value is -3.88. The Balaban J connectivity index is 1.62. The quantitative estimate of drug-likeness (QED) is 0.468. The van der Waals surface area contributed by atoms with Gasteiger partial charge in [-0.1, -0.05) is 23.8 Å². The molecule has 154 valence electrons. The Labute approximate surface area is 173 Å². The number of nitrogens with zero attached hydrogens (tertiary/aromatic N) is 6. The summed E-state index contributed by atoms with van der Waals surface area (Å²) >= 11 is 0. The van der Waals surface area contributed by atoms with Gasteiger partial charge >= 0.3 is 5.69 Å². The highest BCUT2D eigenvalue weighted by Gasteiger charge is 2.16. The molecule has 0 atom stereocenters. The molecule has 0 aliphatic rings. The SMILES string of the molecule is CCOc1cccc(-n2nnn(C)c2=O)c1COc1ccn(-c2ccc(C)cc2)n1. The Morgan fingerprint density at radius 2 is 1.80 bits per heavy atom. The maximum Gasteiger partial charge on any atom is 0.368 e. The molecule has 0 radical (unpaired) electrons. The van der Waals surface area contributed by atoms with Gasteiger partial charge in [0.25, 0.3) is 0 Å². The number of ether oxygens (including phenoxy) is 2. The molecule has 0 aliphatic heterocycles. The lowest BCUT2D eigenvalue weighted by atomic mass is 10.1. The van der Waals surface area contributed by atoms with Crippen molar-refractivity contribution in [3.05, 3.63) is 76.3 Å². The van der Waals surface area contributed by atoms with Gasteiger partial charge in [0.1, 0.15) is 12.4 Å². The average Bonchev–Trinajstić information content (AvgIpc) is 3.35. The van der Waals surface area contributed by atoms with Gasteiger partial charge in [-0.2, -0.15) is 9.36 Å². The topological polar surface area (TPSA) is 89.0 Å². The summed E-state index contributed by atoms with van der Waals surface area (Å²) in [7, 11) is 1.55. The second kappa shape index (κ2) is 8.24. The first-order valence-electron chi connectivity index (χ1n) is 9.56. The summed E-state index contributed by atoms with van der Waals surface area (Å²) < 4.78 is 15.8. The van der Waals surface area contributed by atoms with Gasteiger partial charge < -0.3 is 9.47 Å². The van der Waals surface area contributed by atoms with E-state index < -0.39 is 0 Å². The first-order chi connectivity index (χ1) is 14.6. The summed E-state index contributed by atoms with van der Waals surface area (Å²) in [5, 5.41) is 12.2. The Morgan fingerprint density at radius 1 is 1.00 bits per heavy atom. The molecule has 0 unspecified atom stereocenters. The normalized spacial score (nSPS) is 10.9. The first kappa shape index (κ1) is 19.4. The number of hydrogen-bond donors (Lipinski definition) is 0. The molecule has 4 rings (SSSR count). The molecule has 4 aromatic rings. The number of hydrogen-bond acceptors (Lipinski definition) is 6. The summed E-state index contributed by atoms with van der Waals surface area (Å²) in [4.78, 5) is 12.4. The van der Waals surface area contributed by atoms with Crippen LogP contribution in [0.2, 0.25) is 0 Å². The molecule has 0 N–H and O–H groups in total. The van der Waals surface area contributed by atoms with E-state index in [1.165, 1.54) is 14.9 Å². The van der Waals surface area contributed by atoms with Gasteiger partial charge in [-0.15, -0.1) is 5.10 Å². The molecule has 0 fully saturated rings. The predicted molar refractivity (Wildman–Crippen MR) is 110 cm³/mol. The fraction of sp³-hybridized carbons (Fsp3) is 0.238. The van der Waals surface area contributed by atoms with Crippen LogP contribution in [0.4, 0.5) is 0 Å². The second-order valence-electron chi connectivity index (χ2n) is 6.71. The van der Waals surface area contributed by atoms with E-state index in [0.717, 1.165) is 5.69 Å². The lowest BCUT2D eigenvalue weighted by molar-refractivity contribution is 0.275. The zero-order chi connectivity index (χ0) is 21.1. The van der Waals surface area contributed by atoms with Crippen molar-refractivity contribution in [1.29, 1.82) is 0 Å². The van der Waals surface area contributed by atoms with Gasteiger partial charge in [0, 0.05) is 19.3 Å². The molecule has 0 amide bonds. The van der Waals surface area contributed by atoms with E-state index in [2.05, 4.69) is 15.5 Å². The lowest BCUT2D eigenvalue weighted by Gasteiger charge is -2.14. The molecule has 0 aliphatic carbocycles. The molecule has 9 nitrogen and oxygen atoms in total. The van der Waals surface area contributed by atoms with Crippen LogP contribution >= 0.6 is 0 Å². The highest BCUT2D eigenvalue weighted by atomic mass is 16.5. The zero-order valence-corrected chi connectivity index (χ0v) is 17.0. The second-order valence-corrected chi connectivity index (χ2v) is 6.71. The van der Waals surface area contributed by atoms with Crippen LogP contribution in [-0.2, 0) is 13.7 Å². The van der Waals surface area contributed by atoms with Crippen molar-refractivity contribution in [2.24, 2.45) is 7.05 Å². The van der Waals surface area contributed by atoms with E-state index in [-0.39, 0.29) is 12.3 Å². The fourth-order valence-corrected chi connectivity index (χ4v) is 3.02. The molecule has 0 spiro atoms. The third kappa shape index (κ3) is 3.82. The van der Waals surface area contributed by atoms with Crippen LogP contribution in [0.25, 0.3) is 11.4 Å². The minimum absolute atomic E-state index is 0.152. The molecule has 0 saturated heterocycles. The highest BCUT2D eigenvalue weighted by molar-refractivity contribution is 5.49. The fourth-order valence-electron chi connectivity index (χ4n) is 3.02. The van der Waals surface area contributed by atoms with Gasteiger partial charge in [-0.05, 0) is 48.5 Å². The molecule has 0 saturated carbocycles. The van der Waals surface area contributed by atoms with E-state index in [1.807, 2.05) is 50.4 Å². The van der Waals surface area contributed by atoms with E-state index in [9.17, 15) is 4.79 Å². The molecular weight excluding hydrogens is 384 g/mol. The monoisotopic (exact) mass is 406 g/mol. The van der Waals surface area contributed by atoms with E-state index in [0.29, 0.717) is 29.5 Å². The van der Waals surface area contributed by atoms with Crippen molar-refractivity contribution < 1.29 is 9.47 Å². The minimum Gasteiger partial charge on any atom is -0.493 e. The largest absolute Gasteiger partial charge is 0.493 e. The third-order valence-corrected chi connectivity index (χ3v) is 4.59. The van der Waals surface area contributed by atoms with E-state index in [1.54, 1.807) is 29.9 Å². The van der Waals surface area contributed by atoms with Gasteiger partial charge in [-0.25, -0.2) is 9.48 Å². The molecule has 2 aromatic carbocycles. The lowest BCUT2D eigenvalue weighted by Crippen LogP contribution is -2.23. The Bertz CT molecular complexity index is 1210. The average molecular weight is 406 g/mol. The molecule has 9 heteroatoms. The van der Waals surface area contributed by atoms with Crippen molar-refractivity contribution >= 4 is 0 Å². The number of aryl methyl sites for hydroxylation is 2. The molecular formula is C21H22N6O3. The highest BCUT2D eigenvalue weighted by Crippen LogP contribution is 2.26.